The first-order chi connectivity index (χ1) is 7.26. The summed E-state index contributed by atoms with van der Waals surface area (Å²) in [5.74, 6) is 4.65. The summed E-state index contributed by atoms with van der Waals surface area (Å²) in [6.45, 7) is 10.9. The van der Waals surface area contributed by atoms with E-state index in [1.54, 1.807) is 33.4 Å². The first kappa shape index (κ1) is 15.0. The Morgan fingerprint density at radius 1 is 1.12 bits per heavy atom. The van der Waals surface area contributed by atoms with E-state index in [0.717, 1.165) is 0 Å². The molecule has 0 atom stereocenters. The molecule has 0 aromatic heterocycles. The Morgan fingerprint density at radius 3 is 1.75 bits per heavy atom. The molecule has 0 rings (SSSR count). The zero-order chi connectivity index (χ0) is 12.8. The Balaban J connectivity index is 4.60. The normalized spacial score (nSPS) is 11.9. The fourth-order valence-electron chi connectivity index (χ4n) is 0.792. The van der Waals surface area contributed by atoms with Gasteiger partial charge in [-0.3, -0.25) is 0 Å². The average Bonchev–Trinajstić information content (AvgIpc) is 2.17. The van der Waals surface area contributed by atoms with Crippen LogP contribution >= 0.6 is 0 Å². The van der Waals surface area contributed by atoms with Crippen molar-refractivity contribution in [2.45, 2.75) is 44.8 Å². The molecule has 0 aromatic rings. The summed E-state index contributed by atoms with van der Waals surface area (Å²) in [6, 6.07) is 0. The summed E-state index contributed by atoms with van der Waals surface area (Å²) in [5, 5.41) is 0. The summed E-state index contributed by atoms with van der Waals surface area (Å²) >= 11 is 0. The van der Waals surface area contributed by atoms with Crippen molar-refractivity contribution in [3.05, 3.63) is 12.3 Å². The van der Waals surface area contributed by atoms with Crippen LogP contribution in [0.4, 0.5) is 0 Å². The lowest BCUT2D eigenvalue weighted by Gasteiger charge is -2.30. The minimum atomic E-state index is -0.675. The standard InChI is InChI=1S/C13H18O2Si/c1-8-12(4,5)14-11(16-10-3)15-13(6,7)9-2/h1-2,10-11H,3H2,4-7H3. The van der Waals surface area contributed by atoms with Gasteiger partial charge in [-0.15, -0.1) is 25.1 Å². The average molecular weight is 234 g/mol. The van der Waals surface area contributed by atoms with Crippen LogP contribution < -0.4 is 0 Å². The van der Waals surface area contributed by atoms with Crippen molar-refractivity contribution < 1.29 is 9.47 Å². The van der Waals surface area contributed by atoms with Crippen LogP contribution in [-0.2, 0) is 9.47 Å². The van der Waals surface area contributed by atoms with E-state index in [-0.39, 0.29) is 9.52 Å². The van der Waals surface area contributed by atoms with E-state index < -0.39 is 17.1 Å². The molecular formula is C13H18O2Si. The predicted octanol–water partition coefficient (Wildman–Crippen LogP) is 1.97. The van der Waals surface area contributed by atoms with Crippen LogP contribution in [0.1, 0.15) is 27.7 Å². The highest BCUT2D eigenvalue weighted by molar-refractivity contribution is 6.42. The van der Waals surface area contributed by atoms with Gasteiger partial charge in [0.2, 0.25) is 0 Å². The fraction of sp³-hybridized carbons (Fsp3) is 0.538. The quantitative estimate of drug-likeness (QED) is 0.397. The third-order valence-electron chi connectivity index (χ3n) is 1.75. The molecule has 16 heavy (non-hydrogen) atoms. The molecule has 0 aliphatic rings. The third kappa shape index (κ3) is 5.78. The molecule has 0 heterocycles. The first-order valence-corrected chi connectivity index (χ1v) is 6.10. The van der Waals surface area contributed by atoms with Crippen molar-refractivity contribution in [3.8, 4) is 24.7 Å². The Kier molecular flexibility index (Phi) is 5.54. The monoisotopic (exact) mass is 234 g/mol. The van der Waals surface area contributed by atoms with Crippen molar-refractivity contribution >= 4 is 9.52 Å². The maximum Gasteiger partial charge on any atom is 0.147 e. The lowest BCUT2D eigenvalue weighted by Crippen LogP contribution is -2.39. The smallest absolute Gasteiger partial charge is 0.147 e. The Morgan fingerprint density at radius 2 is 1.50 bits per heavy atom. The molecule has 0 aliphatic heterocycles. The van der Waals surface area contributed by atoms with E-state index in [2.05, 4.69) is 18.4 Å². The van der Waals surface area contributed by atoms with Gasteiger partial charge in [0.1, 0.15) is 26.6 Å². The summed E-state index contributed by atoms with van der Waals surface area (Å²) in [5.41, 5.74) is 0.389. The Bertz CT molecular complexity index is 290. The maximum absolute atomic E-state index is 5.65. The van der Waals surface area contributed by atoms with E-state index in [0.29, 0.717) is 0 Å². The molecule has 0 N–H and O–H groups in total. The minimum absolute atomic E-state index is 0.287. The van der Waals surface area contributed by atoms with Gasteiger partial charge < -0.3 is 9.47 Å². The lowest BCUT2D eigenvalue weighted by atomic mass is 10.1. The van der Waals surface area contributed by atoms with Gasteiger partial charge in [-0.1, -0.05) is 11.8 Å². The molecular weight excluding hydrogens is 216 g/mol. The largest absolute Gasteiger partial charge is 0.338 e. The first-order valence-electron chi connectivity index (χ1n) is 4.94. The zero-order valence-corrected chi connectivity index (χ0v) is 11.3. The predicted molar refractivity (Wildman–Crippen MR) is 67.7 cm³/mol. The maximum atomic E-state index is 5.65. The topological polar surface area (TPSA) is 18.5 Å². The molecule has 0 unspecified atom stereocenters. The van der Waals surface area contributed by atoms with Crippen molar-refractivity contribution in [1.29, 1.82) is 0 Å². The van der Waals surface area contributed by atoms with E-state index in [1.807, 2.05) is 0 Å². The van der Waals surface area contributed by atoms with Gasteiger partial charge in [0.25, 0.3) is 0 Å². The molecule has 0 fully saturated rings. The number of hydrogen-bond acceptors (Lipinski definition) is 2. The van der Waals surface area contributed by atoms with Crippen LogP contribution in [0, 0.1) is 24.7 Å². The van der Waals surface area contributed by atoms with Gasteiger partial charge in [-0.25, -0.2) is 0 Å². The zero-order valence-electron chi connectivity index (χ0n) is 10.3. The molecule has 0 aromatic carbocycles. The van der Waals surface area contributed by atoms with Gasteiger partial charge in [-0.2, -0.15) is 0 Å². The second kappa shape index (κ2) is 5.91. The summed E-state index contributed by atoms with van der Waals surface area (Å²) < 4.78 is 11.3. The van der Waals surface area contributed by atoms with E-state index in [4.69, 9.17) is 22.3 Å². The molecule has 2 nitrogen and oxygen atoms in total. The van der Waals surface area contributed by atoms with Crippen molar-refractivity contribution in [2.75, 3.05) is 0 Å². The second-order valence-electron chi connectivity index (χ2n) is 4.25. The summed E-state index contributed by atoms with van der Waals surface area (Å²) in [6.07, 6.45) is 10.7. The highest BCUT2D eigenvalue weighted by Crippen LogP contribution is 2.17. The van der Waals surface area contributed by atoms with Crippen LogP contribution in [0.15, 0.2) is 12.3 Å². The molecule has 2 radical (unpaired) electrons. The van der Waals surface area contributed by atoms with Crippen molar-refractivity contribution in [1.82, 2.24) is 0 Å². The van der Waals surface area contributed by atoms with Crippen molar-refractivity contribution in [3.63, 3.8) is 0 Å². The van der Waals surface area contributed by atoms with E-state index in [1.165, 1.54) is 0 Å². The molecule has 0 amide bonds. The van der Waals surface area contributed by atoms with Crippen molar-refractivity contribution in [2.24, 2.45) is 0 Å². The van der Waals surface area contributed by atoms with Gasteiger partial charge in [0.05, 0.1) is 0 Å². The number of rotatable bonds is 6. The lowest BCUT2D eigenvalue weighted by molar-refractivity contribution is -0.172. The molecule has 0 spiro atoms. The van der Waals surface area contributed by atoms with E-state index >= 15 is 0 Å². The van der Waals surface area contributed by atoms with Gasteiger partial charge in [0.15, 0.2) is 0 Å². The molecule has 86 valence electrons. The van der Waals surface area contributed by atoms with Gasteiger partial charge in [0, 0.05) is 0 Å². The minimum Gasteiger partial charge on any atom is -0.338 e. The molecule has 0 saturated carbocycles. The third-order valence-corrected chi connectivity index (χ3v) is 2.50. The molecule has 0 bridgehead atoms. The molecule has 3 heteroatoms. The SMILES string of the molecule is C#CC(C)(C)OC(OC(C)(C)C#C)[Si]C=C. The van der Waals surface area contributed by atoms with Crippen LogP contribution in [0.2, 0.25) is 0 Å². The second-order valence-corrected chi connectivity index (χ2v) is 5.46. The van der Waals surface area contributed by atoms with E-state index in [9.17, 15) is 0 Å². The highest BCUT2D eigenvalue weighted by Gasteiger charge is 2.26. The molecule has 0 aliphatic carbocycles. The van der Waals surface area contributed by atoms with Gasteiger partial charge in [-0.05, 0) is 27.7 Å². The number of terminal acetylenes is 2. The Hall–Kier alpha value is -1.00. The summed E-state index contributed by atoms with van der Waals surface area (Å²) in [4.78, 5) is 0. The molecule has 0 saturated heterocycles. The van der Waals surface area contributed by atoms with Crippen LogP contribution in [0.25, 0.3) is 0 Å². The van der Waals surface area contributed by atoms with Crippen LogP contribution in [-0.4, -0.2) is 26.6 Å². The van der Waals surface area contributed by atoms with Crippen LogP contribution in [0.5, 0.6) is 0 Å². The fourth-order valence-corrected chi connectivity index (χ4v) is 1.71. The summed E-state index contributed by atoms with van der Waals surface area (Å²) in [7, 11) is 0.287. The number of ether oxygens (including phenoxy) is 2. The van der Waals surface area contributed by atoms with Gasteiger partial charge >= 0.3 is 0 Å². The number of hydrogen-bond donors (Lipinski definition) is 0. The highest BCUT2D eigenvalue weighted by atomic mass is 28.2. The van der Waals surface area contributed by atoms with Crippen LogP contribution in [0.3, 0.4) is 0 Å². The Labute approximate surface area is 101 Å².